The van der Waals surface area contributed by atoms with E-state index in [0.717, 1.165) is 11.3 Å². The fourth-order valence-corrected chi connectivity index (χ4v) is 2.91. The van der Waals surface area contributed by atoms with Gasteiger partial charge >= 0.3 is 0 Å². The maximum atomic E-state index is 12.1. The van der Waals surface area contributed by atoms with Crippen molar-refractivity contribution in [3.8, 4) is 0 Å². The molecule has 1 atom stereocenters. The van der Waals surface area contributed by atoms with E-state index in [2.05, 4.69) is 17.4 Å². The zero-order valence-electron chi connectivity index (χ0n) is 11.9. The molecule has 4 heteroatoms. The normalized spacial score (nSPS) is 11.9. The van der Waals surface area contributed by atoms with E-state index >= 15 is 0 Å². The molecular formula is C17H18ClNOS. The number of thioether (sulfide) groups is 1. The molecule has 1 amide bonds. The molecule has 21 heavy (non-hydrogen) atoms. The summed E-state index contributed by atoms with van der Waals surface area (Å²) in [6.45, 7) is 2.39. The Hall–Kier alpha value is -1.45. The molecule has 0 saturated heterocycles. The van der Waals surface area contributed by atoms with E-state index < -0.39 is 0 Å². The number of carbonyl (C=O) groups excluding carboxylic acids is 1. The van der Waals surface area contributed by atoms with Gasteiger partial charge in [0.1, 0.15) is 0 Å². The van der Waals surface area contributed by atoms with Gasteiger partial charge in [-0.25, -0.2) is 0 Å². The fourth-order valence-electron chi connectivity index (χ4n) is 1.84. The minimum absolute atomic E-state index is 0.0378. The fraction of sp³-hybridized carbons (Fsp3) is 0.235. The van der Waals surface area contributed by atoms with Crippen molar-refractivity contribution in [1.29, 1.82) is 0 Å². The van der Waals surface area contributed by atoms with Crippen molar-refractivity contribution in [3.05, 3.63) is 70.7 Å². The minimum atomic E-state index is -0.0901. The van der Waals surface area contributed by atoms with E-state index in [-0.39, 0.29) is 11.2 Å². The van der Waals surface area contributed by atoms with Crippen LogP contribution in [0.4, 0.5) is 0 Å². The summed E-state index contributed by atoms with van der Waals surface area (Å²) < 4.78 is 0. The topological polar surface area (TPSA) is 29.1 Å². The van der Waals surface area contributed by atoms with Crippen molar-refractivity contribution in [3.63, 3.8) is 0 Å². The van der Waals surface area contributed by atoms with E-state index in [1.54, 1.807) is 11.8 Å². The van der Waals surface area contributed by atoms with Crippen molar-refractivity contribution >= 4 is 29.3 Å². The molecule has 0 aliphatic rings. The zero-order valence-corrected chi connectivity index (χ0v) is 13.5. The summed E-state index contributed by atoms with van der Waals surface area (Å²) in [5.74, 6) is 0.873. The molecule has 0 saturated carbocycles. The van der Waals surface area contributed by atoms with Gasteiger partial charge in [0, 0.05) is 17.3 Å². The number of benzene rings is 2. The van der Waals surface area contributed by atoms with Crippen LogP contribution in [0.3, 0.4) is 0 Å². The van der Waals surface area contributed by atoms with Gasteiger partial charge in [-0.2, -0.15) is 0 Å². The maximum Gasteiger partial charge on any atom is 0.233 e. The Kier molecular flexibility index (Phi) is 6.15. The Morgan fingerprint density at radius 1 is 1.14 bits per heavy atom. The first-order valence-corrected chi connectivity index (χ1v) is 8.26. The predicted molar refractivity (Wildman–Crippen MR) is 90.5 cm³/mol. The van der Waals surface area contributed by atoms with E-state index in [4.69, 9.17) is 11.6 Å². The molecule has 0 unspecified atom stereocenters. The highest BCUT2D eigenvalue weighted by atomic mass is 35.5. The largest absolute Gasteiger partial charge is 0.351 e. The summed E-state index contributed by atoms with van der Waals surface area (Å²) >= 11 is 7.70. The van der Waals surface area contributed by atoms with Gasteiger partial charge in [-0.05, 0) is 24.1 Å². The Balaban J connectivity index is 1.79. The molecule has 0 bridgehead atoms. The van der Waals surface area contributed by atoms with Crippen molar-refractivity contribution < 1.29 is 4.79 Å². The maximum absolute atomic E-state index is 12.1. The van der Waals surface area contributed by atoms with Gasteiger partial charge in [0.2, 0.25) is 5.91 Å². The second kappa shape index (κ2) is 8.11. The third-order valence-electron chi connectivity index (χ3n) is 3.12. The first-order valence-electron chi connectivity index (χ1n) is 6.83. The quantitative estimate of drug-likeness (QED) is 0.861. The lowest BCUT2D eigenvalue weighted by Gasteiger charge is -2.12. The lowest BCUT2D eigenvalue weighted by molar-refractivity contribution is -0.120. The number of rotatable bonds is 6. The molecule has 0 radical (unpaired) electrons. The molecule has 2 aromatic carbocycles. The van der Waals surface area contributed by atoms with Gasteiger partial charge in [0.05, 0.1) is 5.25 Å². The lowest BCUT2D eigenvalue weighted by Crippen LogP contribution is -2.30. The second-order valence-corrected chi connectivity index (χ2v) is 6.48. The minimum Gasteiger partial charge on any atom is -0.351 e. The monoisotopic (exact) mass is 319 g/mol. The molecule has 0 aliphatic heterocycles. The third kappa shape index (κ3) is 5.10. The van der Waals surface area contributed by atoms with Crippen LogP contribution in [0, 0.1) is 0 Å². The standard InChI is InChI=1S/C17H18ClNOS/c1-13(21-12-14-7-3-2-4-8-14)17(20)19-11-15-9-5-6-10-16(15)18/h2-10,13H,11-12H2,1H3,(H,19,20)/t13-/m1/s1. The number of halogens is 1. The van der Waals surface area contributed by atoms with Crippen LogP contribution in [0.25, 0.3) is 0 Å². The van der Waals surface area contributed by atoms with Crippen LogP contribution in [-0.4, -0.2) is 11.2 Å². The summed E-state index contributed by atoms with van der Waals surface area (Å²) in [5.41, 5.74) is 2.17. The van der Waals surface area contributed by atoms with E-state index in [1.807, 2.05) is 49.4 Å². The highest BCUT2D eigenvalue weighted by molar-refractivity contribution is 7.99. The Morgan fingerprint density at radius 3 is 2.52 bits per heavy atom. The number of carbonyl (C=O) groups is 1. The highest BCUT2D eigenvalue weighted by Crippen LogP contribution is 2.18. The van der Waals surface area contributed by atoms with Crippen molar-refractivity contribution in [1.82, 2.24) is 5.32 Å². The van der Waals surface area contributed by atoms with Gasteiger partial charge in [0.25, 0.3) is 0 Å². The summed E-state index contributed by atoms with van der Waals surface area (Å²) in [4.78, 5) is 12.1. The Morgan fingerprint density at radius 2 is 1.81 bits per heavy atom. The third-order valence-corrected chi connectivity index (χ3v) is 4.71. The molecule has 110 valence electrons. The average Bonchev–Trinajstić information content (AvgIpc) is 2.52. The van der Waals surface area contributed by atoms with Crippen LogP contribution in [0.1, 0.15) is 18.1 Å². The van der Waals surface area contributed by atoms with Gasteiger partial charge in [-0.1, -0.05) is 60.1 Å². The van der Waals surface area contributed by atoms with Gasteiger partial charge in [-0.3, -0.25) is 4.79 Å². The van der Waals surface area contributed by atoms with Crippen LogP contribution in [-0.2, 0) is 17.1 Å². The van der Waals surface area contributed by atoms with Gasteiger partial charge < -0.3 is 5.32 Å². The highest BCUT2D eigenvalue weighted by Gasteiger charge is 2.13. The summed E-state index contributed by atoms with van der Waals surface area (Å²) in [5, 5.41) is 3.52. The smallest absolute Gasteiger partial charge is 0.233 e. The summed E-state index contributed by atoms with van der Waals surface area (Å²) in [6.07, 6.45) is 0. The molecule has 2 aromatic rings. The SMILES string of the molecule is C[C@@H](SCc1ccccc1)C(=O)NCc1ccccc1Cl. The number of amides is 1. The second-order valence-electron chi connectivity index (χ2n) is 4.75. The molecule has 0 aromatic heterocycles. The van der Waals surface area contributed by atoms with Crippen molar-refractivity contribution in [2.75, 3.05) is 0 Å². The van der Waals surface area contributed by atoms with Crippen LogP contribution in [0.5, 0.6) is 0 Å². The van der Waals surface area contributed by atoms with Gasteiger partial charge in [-0.15, -0.1) is 11.8 Å². The van der Waals surface area contributed by atoms with Crippen LogP contribution in [0.2, 0.25) is 5.02 Å². The Labute approximate surface area is 134 Å². The lowest BCUT2D eigenvalue weighted by atomic mass is 10.2. The predicted octanol–water partition coefficient (Wildman–Crippen LogP) is 4.28. The van der Waals surface area contributed by atoms with Crippen LogP contribution < -0.4 is 5.32 Å². The molecule has 0 spiro atoms. The number of nitrogens with one attached hydrogen (secondary N) is 1. The van der Waals surface area contributed by atoms with Crippen LogP contribution in [0.15, 0.2) is 54.6 Å². The van der Waals surface area contributed by atoms with E-state index in [1.165, 1.54) is 5.56 Å². The first-order chi connectivity index (χ1) is 10.2. The van der Waals surface area contributed by atoms with Gasteiger partial charge in [0.15, 0.2) is 0 Å². The zero-order chi connectivity index (χ0) is 15.1. The number of hydrogen-bond donors (Lipinski definition) is 1. The van der Waals surface area contributed by atoms with E-state index in [0.29, 0.717) is 11.6 Å². The molecule has 2 rings (SSSR count). The summed E-state index contributed by atoms with van der Waals surface area (Å²) in [7, 11) is 0. The molecule has 1 N–H and O–H groups in total. The molecular weight excluding hydrogens is 302 g/mol. The van der Waals surface area contributed by atoms with E-state index in [9.17, 15) is 4.79 Å². The van der Waals surface area contributed by atoms with Crippen LogP contribution >= 0.6 is 23.4 Å². The Bertz CT molecular complexity index is 588. The average molecular weight is 320 g/mol. The van der Waals surface area contributed by atoms with Crippen molar-refractivity contribution in [2.45, 2.75) is 24.5 Å². The molecule has 2 nitrogen and oxygen atoms in total. The molecule has 0 heterocycles. The molecule has 0 aliphatic carbocycles. The summed E-state index contributed by atoms with van der Waals surface area (Å²) in [6, 6.07) is 17.7. The van der Waals surface area contributed by atoms with Crippen molar-refractivity contribution in [2.24, 2.45) is 0 Å². The first kappa shape index (κ1) is 15.9. The number of hydrogen-bond acceptors (Lipinski definition) is 2. The molecule has 0 fully saturated rings.